The molecule has 4 nitrogen and oxygen atoms in total. The molecule has 0 aliphatic heterocycles. The van der Waals surface area contributed by atoms with E-state index in [9.17, 15) is 9.18 Å². The third-order valence-corrected chi connectivity index (χ3v) is 4.57. The molecule has 0 unspecified atom stereocenters. The molecule has 1 aromatic heterocycles. The van der Waals surface area contributed by atoms with Crippen LogP contribution in [0.3, 0.4) is 0 Å². The molecular weight excluding hydrogens is 327 g/mol. The highest BCUT2D eigenvalue weighted by molar-refractivity contribution is 7.98. The maximum Gasteiger partial charge on any atom is 0.226 e. The standard InChI is InChI=1S/C18H17FN2O2S/c19-15-7-3-1-5-13(15)12-24-10-9-20-18(22)11-16-14-6-2-4-8-17(14)23-21-16/h1-8H,9-12H2,(H,20,22). The van der Waals surface area contributed by atoms with Crippen LogP contribution >= 0.6 is 11.8 Å². The normalized spacial score (nSPS) is 10.9. The fraction of sp³-hybridized carbons (Fsp3) is 0.222. The Morgan fingerprint density at radius 1 is 1.17 bits per heavy atom. The first-order chi connectivity index (χ1) is 11.7. The Bertz CT molecular complexity index is 835. The lowest BCUT2D eigenvalue weighted by Gasteiger charge is -2.05. The SMILES string of the molecule is O=C(Cc1noc2ccccc12)NCCSCc1ccccc1F. The van der Waals surface area contributed by atoms with E-state index in [1.165, 1.54) is 6.07 Å². The van der Waals surface area contributed by atoms with Crippen molar-refractivity contribution in [3.05, 3.63) is 65.6 Å². The van der Waals surface area contributed by atoms with Gasteiger partial charge >= 0.3 is 0 Å². The molecule has 6 heteroatoms. The maximum absolute atomic E-state index is 13.5. The van der Waals surface area contributed by atoms with E-state index in [1.807, 2.05) is 30.3 Å². The number of halogens is 1. The highest BCUT2D eigenvalue weighted by Crippen LogP contribution is 2.18. The lowest BCUT2D eigenvalue weighted by Crippen LogP contribution is -2.27. The van der Waals surface area contributed by atoms with Crippen LogP contribution in [0.1, 0.15) is 11.3 Å². The zero-order valence-corrected chi connectivity index (χ0v) is 13.8. The van der Waals surface area contributed by atoms with E-state index in [0.29, 0.717) is 29.1 Å². The molecule has 1 N–H and O–H groups in total. The molecule has 1 amide bonds. The molecule has 0 spiro atoms. The van der Waals surface area contributed by atoms with E-state index in [-0.39, 0.29) is 18.1 Å². The molecule has 0 aliphatic rings. The van der Waals surface area contributed by atoms with E-state index >= 15 is 0 Å². The highest BCUT2D eigenvalue weighted by Gasteiger charge is 2.11. The molecule has 0 saturated heterocycles. The average molecular weight is 344 g/mol. The molecule has 1 heterocycles. The van der Waals surface area contributed by atoms with E-state index in [1.54, 1.807) is 23.9 Å². The van der Waals surface area contributed by atoms with E-state index in [2.05, 4.69) is 10.5 Å². The van der Waals surface area contributed by atoms with Gasteiger partial charge in [0.1, 0.15) is 11.5 Å². The number of amides is 1. The molecule has 0 saturated carbocycles. The maximum atomic E-state index is 13.5. The first-order valence-electron chi connectivity index (χ1n) is 7.65. The molecule has 0 bridgehead atoms. The number of aromatic nitrogens is 1. The summed E-state index contributed by atoms with van der Waals surface area (Å²) in [5.41, 5.74) is 2.01. The minimum absolute atomic E-state index is 0.0967. The van der Waals surface area contributed by atoms with Gasteiger partial charge in [0.2, 0.25) is 5.91 Å². The van der Waals surface area contributed by atoms with Gasteiger partial charge in [-0.25, -0.2) is 4.39 Å². The first kappa shape index (κ1) is 16.5. The lowest BCUT2D eigenvalue weighted by molar-refractivity contribution is -0.120. The summed E-state index contributed by atoms with van der Waals surface area (Å²) < 4.78 is 18.7. The quantitative estimate of drug-likeness (QED) is 0.666. The number of para-hydroxylation sites is 1. The Kier molecular flexibility index (Phi) is 5.48. The summed E-state index contributed by atoms with van der Waals surface area (Å²) in [7, 11) is 0. The predicted octanol–water partition coefficient (Wildman–Crippen LogP) is 3.56. The molecule has 2 aromatic carbocycles. The second kappa shape index (κ2) is 7.97. The van der Waals surface area contributed by atoms with Gasteiger partial charge in [-0.05, 0) is 23.8 Å². The van der Waals surface area contributed by atoms with Gasteiger partial charge in [-0.2, -0.15) is 11.8 Å². The molecule has 3 rings (SSSR count). The summed E-state index contributed by atoms with van der Waals surface area (Å²) in [6, 6.07) is 14.2. The summed E-state index contributed by atoms with van der Waals surface area (Å²) in [4.78, 5) is 12.0. The van der Waals surface area contributed by atoms with Gasteiger partial charge in [-0.3, -0.25) is 4.79 Å². The van der Waals surface area contributed by atoms with Crippen molar-refractivity contribution in [2.75, 3.05) is 12.3 Å². The molecule has 0 atom stereocenters. The third kappa shape index (κ3) is 4.14. The Morgan fingerprint density at radius 2 is 1.96 bits per heavy atom. The minimum atomic E-state index is -0.188. The number of carbonyl (C=O) groups excluding carboxylic acids is 1. The van der Waals surface area contributed by atoms with Crippen LogP contribution in [0, 0.1) is 5.82 Å². The summed E-state index contributed by atoms with van der Waals surface area (Å²) in [5, 5.41) is 7.66. The summed E-state index contributed by atoms with van der Waals surface area (Å²) in [6.07, 6.45) is 0.189. The molecule has 24 heavy (non-hydrogen) atoms. The van der Waals surface area contributed by atoms with Crippen LogP contribution in [0.2, 0.25) is 0 Å². The zero-order chi connectivity index (χ0) is 16.8. The summed E-state index contributed by atoms with van der Waals surface area (Å²) in [5.74, 6) is 1.03. The zero-order valence-electron chi connectivity index (χ0n) is 13.0. The fourth-order valence-electron chi connectivity index (χ4n) is 2.34. The number of hydrogen-bond donors (Lipinski definition) is 1. The van der Waals surface area contributed by atoms with E-state index < -0.39 is 0 Å². The van der Waals surface area contributed by atoms with Crippen LogP contribution in [-0.4, -0.2) is 23.4 Å². The minimum Gasteiger partial charge on any atom is -0.356 e. The number of nitrogens with zero attached hydrogens (tertiary/aromatic N) is 1. The van der Waals surface area contributed by atoms with Crippen molar-refractivity contribution in [3.63, 3.8) is 0 Å². The second-order valence-corrected chi connectivity index (χ2v) is 6.40. The molecule has 0 fully saturated rings. The van der Waals surface area contributed by atoms with Crippen molar-refractivity contribution in [1.82, 2.24) is 10.5 Å². The van der Waals surface area contributed by atoms with Gasteiger partial charge in [-0.15, -0.1) is 0 Å². The fourth-order valence-corrected chi connectivity index (χ4v) is 3.19. The van der Waals surface area contributed by atoms with Gasteiger partial charge in [0.05, 0.1) is 6.42 Å². The molecule has 124 valence electrons. The van der Waals surface area contributed by atoms with Crippen molar-refractivity contribution >= 4 is 28.6 Å². The topological polar surface area (TPSA) is 55.1 Å². The Balaban J connectivity index is 1.41. The monoisotopic (exact) mass is 344 g/mol. The molecule has 0 radical (unpaired) electrons. The van der Waals surface area contributed by atoms with Gasteiger partial charge in [-0.1, -0.05) is 35.5 Å². The first-order valence-corrected chi connectivity index (χ1v) is 8.80. The van der Waals surface area contributed by atoms with Crippen molar-refractivity contribution < 1.29 is 13.7 Å². The van der Waals surface area contributed by atoms with Gasteiger partial charge in [0, 0.05) is 23.4 Å². The Hall–Kier alpha value is -2.34. The largest absolute Gasteiger partial charge is 0.356 e. The summed E-state index contributed by atoms with van der Waals surface area (Å²) >= 11 is 1.58. The van der Waals surface area contributed by atoms with Gasteiger partial charge in [0.15, 0.2) is 5.58 Å². The van der Waals surface area contributed by atoms with Crippen molar-refractivity contribution in [2.45, 2.75) is 12.2 Å². The van der Waals surface area contributed by atoms with E-state index in [0.717, 1.165) is 11.1 Å². The van der Waals surface area contributed by atoms with Crippen LogP contribution in [0.25, 0.3) is 11.0 Å². The van der Waals surface area contributed by atoms with Gasteiger partial charge < -0.3 is 9.84 Å². The number of carbonyl (C=O) groups is 1. The molecular formula is C18H17FN2O2S. The highest BCUT2D eigenvalue weighted by atomic mass is 32.2. The van der Waals surface area contributed by atoms with Crippen LogP contribution in [-0.2, 0) is 17.0 Å². The van der Waals surface area contributed by atoms with Crippen LogP contribution in [0.5, 0.6) is 0 Å². The number of thioether (sulfide) groups is 1. The lowest BCUT2D eigenvalue weighted by atomic mass is 10.2. The van der Waals surface area contributed by atoms with Crippen molar-refractivity contribution in [3.8, 4) is 0 Å². The smallest absolute Gasteiger partial charge is 0.226 e. The van der Waals surface area contributed by atoms with Crippen molar-refractivity contribution in [2.24, 2.45) is 0 Å². The number of hydrogen-bond acceptors (Lipinski definition) is 4. The molecule has 3 aromatic rings. The van der Waals surface area contributed by atoms with Gasteiger partial charge in [0.25, 0.3) is 0 Å². The number of rotatable bonds is 7. The van der Waals surface area contributed by atoms with E-state index in [4.69, 9.17) is 4.52 Å². The second-order valence-electron chi connectivity index (χ2n) is 5.30. The molecule has 0 aliphatic carbocycles. The summed E-state index contributed by atoms with van der Waals surface area (Å²) in [6.45, 7) is 0.535. The Labute approximate surface area is 143 Å². The van der Waals surface area contributed by atoms with Crippen LogP contribution < -0.4 is 5.32 Å². The average Bonchev–Trinajstić information content (AvgIpc) is 2.99. The Morgan fingerprint density at radius 3 is 2.83 bits per heavy atom. The number of fused-ring (bicyclic) bond motifs is 1. The third-order valence-electron chi connectivity index (χ3n) is 3.56. The van der Waals surface area contributed by atoms with Crippen LogP contribution in [0.4, 0.5) is 4.39 Å². The predicted molar refractivity (Wildman–Crippen MR) is 93.3 cm³/mol. The number of benzene rings is 2. The van der Waals surface area contributed by atoms with Crippen molar-refractivity contribution in [1.29, 1.82) is 0 Å². The van der Waals surface area contributed by atoms with Crippen LogP contribution in [0.15, 0.2) is 53.1 Å². The number of nitrogens with one attached hydrogen (secondary N) is 1.